The zero-order valence-corrected chi connectivity index (χ0v) is 12.3. The van der Waals surface area contributed by atoms with Crippen molar-refractivity contribution in [1.29, 1.82) is 0 Å². The third kappa shape index (κ3) is 9.53. The van der Waals surface area contributed by atoms with E-state index in [1.54, 1.807) is 0 Å². The highest BCUT2D eigenvalue weighted by Crippen LogP contribution is 2.23. The summed E-state index contributed by atoms with van der Waals surface area (Å²) in [5.41, 5.74) is 0. The average molecular weight is 365 g/mol. The third-order valence-electron chi connectivity index (χ3n) is 1.80. The Morgan fingerprint density at radius 3 is 2.17 bits per heavy atom. The summed E-state index contributed by atoms with van der Waals surface area (Å²) in [5, 5.41) is 0. The van der Waals surface area contributed by atoms with Crippen molar-refractivity contribution in [3.8, 4) is 0 Å². The van der Waals surface area contributed by atoms with Gasteiger partial charge in [-0.3, -0.25) is 0 Å². The van der Waals surface area contributed by atoms with Gasteiger partial charge in [0.2, 0.25) is 0 Å². The van der Waals surface area contributed by atoms with Gasteiger partial charge >= 0.3 is 0 Å². The molecule has 0 amide bonds. The number of alkyl halides is 3. The van der Waals surface area contributed by atoms with Crippen LogP contribution in [-0.2, 0) is 0 Å². The van der Waals surface area contributed by atoms with E-state index in [2.05, 4.69) is 54.7 Å². The van der Waals surface area contributed by atoms with E-state index >= 15 is 0 Å². The van der Waals surface area contributed by atoms with E-state index in [1.807, 2.05) is 0 Å². The number of hydrogen-bond acceptors (Lipinski definition) is 0. The molecule has 0 saturated heterocycles. The summed E-state index contributed by atoms with van der Waals surface area (Å²) in [6.07, 6.45) is 7.91. The minimum atomic E-state index is 0.459. The largest absolute Gasteiger partial charge is 0.0890 e. The Kier molecular flexibility index (Phi) is 10.1. The fourth-order valence-corrected chi connectivity index (χ4v) is 3.71. The maximum atomic E-state index is 3.67. The minimum Gasteiger partial charge on any atom is -0.0890 e. The van der Waals surface area contributed by atoms with Crippen molar-refractivity contribution >= 4 is 47.8 Å². The quantitative estimate of drug-likeness (QED) is 0.429. The van der Waals surface area contributed by atoms with Crippen LogP contribution in [0, 0.1) is 0 Å². The van der Waals surface area contributed by atoms with Gasteiger partial charge in [0.25, 0.3) is 0 Å². The molecule has 0 fully saturated rings. The highest BCUT2D eigenvalue weighted by Gasteiger charge is 2.07. The molecule has 0 spiro atoms. The van der Waals surface area contributed by atoms with Crippen molar-refractivity contribution in [3.63, 3.8) is 0 Å². The Balaban J connectivity index is 3.14. The number of unbranched alkanes of at least 4 members (excludes halogenated alkanes) is 3. The molecule has 0 aliphatic carbocycles. The van der Waals surface area contributed by atoms with Gasteiger partial charge in [-0.25, -0.2) is 0 Å². The van der Waals surface area contributed by atoms with Gasteiger partial charge in [0.1, 0.15) is 0 Å². The van der Waals surface area contributed by atoms with Gasteiger partial charge in [-0.2, -0.15) is 0 Å². The molecule has 0 rings (SSSR count). The van der Waals surface area contributed by atoms with Crippen molar-refractivity contribution < 1.29 is 0 Å². The molecule has 0 aliphatic rings. The van der Waals surface area contributed by atoms with E-state index in [1.165, 1.54) is 32.1 Å². The maximum absolute atomic E-state index is 3.67. The molecule has 0 aromatic rings. The van der Waals surface area contributed by atoms with Gasteiger partial charge < -0.3 is 0 Å². The van der Waals surface area contributed by atoms with E-state index in [-0.39, 0.29) is 0 Å². The van der Waals surface area contributed by atoms with Crippen LogP contribution < -0.4 is 0 Å². The molecule has 0 saturated carbocycles. The zero-order chi connectivity index (χ0) is 9.40. The van der Waals surface area contributed by atoms with Crippen LogP contribution in [0.15, 0.2) is 0 Å². The zero-order valence-electron chi connectivity index (χ0n) is 7.53. The van der Waals surface area contributed by atoms with Crippen molar-refractivity contribution in [3.05, 3.63) is 0 Å². The van der Waals surface area contributed by atoms with Gasteiger partial charge in [0.05, 0.1) is 3.74 Å². The Labute approximate surface area is 101 Å². The SMILES string of the molecule is CCCCCCC(Br)CC(Br)Br. The van der Waals surface area contributed by atoms with Crippen molar-refractivity contribution in [2.75, 3.05) is 0 Å². The Morgan fingerprint density at radius 1 is 1.00 bits per heavy atom. The van der Waals surface area contributed by atoms with Crippen molar-refractivity contribution in [2.24, 2.45) is 0 Å². The normalized spacial score (nSPS) is 13.8. The molecule has 3 heteroatoms. The number of hydrogen-bond donors (Lipinski definition) is 0. The fraction of sp³-hybridized carbons (Fsp3) is 1.00. The van der Waals surface area contributed by atoms with Gasteiger partial charge in [0, 0.05) is 4.83 Å². The monoisotopic (exact) mass is 362 g/mol. The van der Waals surface area contributed by atoms with Crippen LogP contribution in [0.3, 0.4) is 0 Å². The molecule has 1 unspecified atom stereocenters. The molecule has 0 radical (unpaired) electrons. The molecule has 1 atom stereocenters. The highest BCUT2D eigenvalue weighted by atomic mass is 79.9. The van der Waals surface area contributed by atoms with E-state index in [4.69, 9.17) is 0 Å². The van der Waals surface area contributed by atoms with Crippen molar-refractivity contribution in [1.82, 2.24) is 0 Å². The molecular weight excluding hydrogens is 348 g/mol. The number of halogens is 3. The molecule has 0 aromatic carbocycles. The van der Waals surface area contributed by atoms with Crippen LogP contribution in [-0.4, -0.2) is 8.56 Å². The third-order valence-corrected chi connectivity index (χ3v) is 3.38. The summed E-state index contributed by atoms with van der Waals surface area (Å²) in [6.45, 7) is 2.25. The fourth-order valence-electron chi connectivity index (χ4n) is 1.10. The molecule has 0 heterocycles. The predicted octanol–water partition coefficient (Wildman–Crippen LogP) is 5.23. The first-order chi connectivity index (χ1) is 5.66. The second-order valence-corrected chi connectivity index (χ2v) is 7.81. The second-order valence-electron chi connectivity index (χ2n) is 3.07. The first-order valence-electron chi connectivity index (χ1n) is 4.59. The Hall–Kier alpha value is 1.44. The lowest BCUT2D eigenvalue weighted by molar-refractivity contribution is 0.614. The lowest BCUT2D eigenvalue weighted by atomic mass is 10.1. The van der Waals surface area contributed by atoms with Gasteiger partial charge in [-0.1, -0.05) is 80.4 Å². The summed E-state index contributed by atoms with van der Waals surface area (Å²) in [5.74, 6) is 0. The minimum absolute atomic E-state index is 0.459. The molecule has 0 aliphatic heterocycles. The van der Waals surface area contributed by atoms with E-state index in [9.17, 15) is 0 Å². The van der Waals surface area contributed by atoms with Crippen LogP contribution in [0.25, 0.3) is 0 Å². The molecule has 0 nitrogen and oxygen atoms in total. The molecule has 12 heavy (non-hydrogen) atoms. The summed E-state index contributed by atoms with van der Waals surface area (Å²) in [6, 6.07) is 0. The van der Waals surface area contributed by atoms with Crippen molar-refractivity contribution in [2.45, 2.75) is 54.0 Å². The average Bonchev–Trinajstić information content (AvgIpc) is 1.97. The van der Waals surface area contributed by atoms with Crippen LogP contribution in [0.5, 0.6) is 0 Å². The summed E-state index contributed by atoms with van der Waals surface area (Å²) >= 11 is 10.6. The summed E-state index contributed by atoms with van der Waals surface area (Å²) in [7, 11) is 0. The van der Waals surface area contributed by atoms with Gasteiger partial charge in [-0.05, 0) is 12.8 Å². The van der Waals surface area contributed by atoms with Crippen LogP contribution in [0.4, 0.5) is 0 Å². The standard InChI is InChI=1S/C9H17Br3/c1-2-3-4-5-6-8(10)7-9(11)12/h8-9H,2-7H2,1H3. The summed E-state index contributed by atoms with van der Waals surface area (Å²) in [4.78, 5) is 0.665. The van der Waals surface area contributed by atoms with Crippen LogP contribution in [0.1, 0.15) is 45.4 Å². The topological polar surface area (TPSA) is 0 Å². The highest BCUT2D eigenvalue weighted by molar-refractivity contribution is 9.24. The Morgan fingerprint density at radius 2 is 1.67 bits per heavy atom. The lowest BCUT2D eigenvalue weighted by Crippen LogP contribution is -2.02. The molecule has 0 bridgehead atoms. The Bertz CT molecular complexity index is 93.8. The molecule has 74 valence electrons. The molecular formula is C9H17Br3. The van der Waals surface area contributed by atoms with Gasteiger partial charge in [-0.15, -0.1) is 0 Å². The van der Waals surface area contributed by atoms with E-state index < -0.39 is 0 Å². The molecule has 0 N–H and O–H groups in total. The van der Waals surface area contributed by atoms with Crippen LogP contribution >= 0.6 is 47.8 Å². The first kappa shape index (κ1) is 13.4. The lowest BCUT2D eigenvalue weighted by Gasteiger charge is -2.09. The smallest absolute Gasteiger partial charge is 0.0708 e. The maximum Gasteiger partial charge on any atom is 0.0708 e. The number of rotatable bonds is 7. The second kappa shape index (κ2) is 9.01. The van der Waals surface area contributed by atoms with E-state index in [0.29, 0.717) is 8.56 Å². The summed E-state index contributed by atoms with van der Waals surface area (Å²) < 4.78 is 0.459. The molecule has 0 aromatic heterocycles. The predicted molar refractivity (Wildman–Crippen MR) is 67.7 cm³/mol. The van der Waals surface area contributed by atoms with E-state index in [0.717, 1.165) is 6.42 Å². The van der Waals surface area contributed by atoms with Crippen LogP contribution in [0.2, 0.25) is 0 Å². The first-order valence-corrected chi connectivity index (χ1v) is 7.33. The van der Waals surface area contributed by atoms with Gasteiger partial charge in [0.15, 0.2) is 0 Å².